The van der Waals surface area contributed by atoms with Gasteiger partial charge in [-0.1, -0.05) is 0 Å². The first-order valence-corrected chi connectivity index (χ1v) is 6.41. The Labute approximate surface area is 126 Å². The summed E-state index contributed by atoms with van der Waals surface area (Å²) in [5, 5.41) is 10.9. The molecular weight excluding hydrogens is 287 g/mol. The van der Waals surface area contributed by atoms with E-state index in [-0.39, 0.29) is 5.57 Å². The number of pyridine rings is 1. The van der Waals surface area contributed by atoms with Gasteiger partial charge in [0.15, 0.2) is 0 Å². The normalized spacial score (nSPS) is 12.3. The lowest BCUT2D eigenvalue weighted by Gasteiger charge is -2.07. The topological polar surface area (TPSA) is 98.7 Å². The maximum Gasteiger partial charge on any atom is 0.250 e. The fraction of sp³-hybridized carbons (Fsp3) is 0.143. The zero-order valence-corrected chi connectivity index (χ0v) is 12.1. The van der Waals surface area contributed by atoms with Crippen LogP contribution in [0.25, 0.3) is 5.69 Å². The molecule has 0 unspecified atom stereocenters. The molecule has 7 nitrogen and oxygen atoms in total. The van der Waals surface area contributed by atoms with Gasteiger partial charge in [0.25, 0.3) is 0 Å². The fourth-order valence-electron chi connectivity index (χ4n) is 1.70. The molecule has 0 aromatic carbocycles. The first kappa shape index (κ1) is 15.4. The highest BCUT2D eigenvalue weighted by molar-refractivity contribution is 5.95. The molecule has 1 amide bonds. The molecule has 0 bridgehead atoms. The Morgan fingerprint density at radius 1 is 1.41 bits per heavy atom. The summed E-state index contributed by atoms with van der Waals surface area (Å²) in [5.74, 6) is -1.26. The van der Waals surface area contributed by atoms with E-state index in [0.717, 1.165) is 11.8 Å². The highest BCUT2D eigenvalue weighted by Gasteiger charge is 2.06. The van der Waals surface area contributed by atoms with E-state index in [4.69, 9.17) is 5.73 Å². The number of rotatable bonds is 5. The van der Waals surface area contributed by atoms with Crippen molar-refractivity contribution in [3.05, 3.63) is 54.0 Å². The summed E-state index contributed by atoms with van der Waals surface area (Å²) in [5.41, 5.74) is 7.20. The third kappa shape index (κ3) is 3.75. The Morgan fingerprint density at radius 3 is 2.68 bits per heavy atom. The van der Waals surface area contributed by atoms with Crippen molar-refractivity contribution in [2.45, 2.75) is 13.8 Å². The van der Waals surface area contributed by atoms with Gasteiger partial charge < -0.3 is 11.1 Å². The molecule has 0 aliphatic carbocycles. The number of amides is 1. The van der Waals surface area contributed by atoms with Crippen LogP contribution in [0.4, 0.5) is 10.1 Å². The summed E-state index contributed by atoms with van der Waals surface area (Å²) in [6, 6.07) is 1.75. The average molecular weight is 302 g/mol. The van der Waals surface area contributed by atoms with Gasteiger partial charge in [0.05, 0.1) is 41.4 Å². The number of primary amides is 1. The first-order valence-electron chi connectivity index (χ1n) is 6.41. The van der Waals surface area contributed by atoms with Crippen LogP contribution in [0.3, 0.4) is 0 Å². The van der Waals surface area contributed by atoms with Crippen molar-refractivity contribution in [2.24, 2.45) is 5.73 Å². The van der Waals surface area contributed by atoms with Crippen LogP contribution in [0.15, 0.2) is 48.3 Å². The summed E-state index contributed by atoms with van der Waals surface area (Å²) in [7, 11) is 0. The number of nitrogens with one attached hydrogen (secondary N) is 1. The van der Waals surface area contributed by atoms with Crippen LogP contribution in [0.5, 0.6) is 0 Å². The number of allylic oxidation sites excluding steroid dienone is 1. The van der Waals surface area contributed by atoms with E-state index >= 15 is 0 Å². The zero-order valence-electron chi connectivity index (χ0n) is 12.1. The lowest BCUT2D eigenvalue weighted by molar-refractivity contribution is -0.114. The minimum atomic E-state index is -0.737. The molecule has 2 rings (SSSR count). The number of aryl methyl sites for hydroxylation is 1. The van der Waals surface area contributed by atoms with Crippen LogP contribution in [-0.4, -0.2) is 25.9 Å². The van der Waals surface area contributed by atoms with E-state index in [2.05, 4.69) is 20.5 Å². The lowest BCUT2D eigenvalue weighted by Crippen LogP contribution is -2.14. The molecule has 2 aromatic rings. The van der Waals surface area contributed by atoms with E-state index < -0.39 is 11.7 Å². The smallest absolute Gasteiger partial charge is 0.250 e. The predicted octanol–water partition coefficient (Wildman–Crippen LogP) is 1.63. The summed E-state index contributed by atoms with van der Waals surface area (Å²) in [4.78, 5) is 16.9. The number of carbonyl (C=O) groups is 1. The lowest BCUT2D eigenvalue weighted by atomic mass is 10.2. The molecule has 8 heteroatoms. The monoisotopic (exact) mass is 302 g/mol. The molecule has 2 heterocycles. The van der Waals surface area contributed by atoms with Crippen LogP contribution < -0.4 is 11.1 Å². The van der Waals surface area contributed by atoms with Crippen molar-refractivity contribution in [3.63, 3.8) is 0 Å². The standard InChI is InChI=1S/C14H15FN6O/c1-9(15)5-11(14(16)22)7-18-12-6-13(10(2)17-8-12)21-19-3-4-20-21/h3-8,18H,1-2H3,(H2,16,22)/b9-5+,11-7-. The maximum atomic E-state index is 12.9. The number of nitrogens with two attached hydrogens (primary N) is 1. The predicted molar refractivity (Wildman–Crippen MR) is 79.7 cm³/mol. The van der Waals surface area contributed by atoms with Crippen LogP contribution >= 0.6 is 0 Å². The van der Waals surface area contributed by atoms with Crippen molar-refractivity contribution in [2.75, 3.05) is 5.32 Å². The van der Waals surface area contributed by atoms with Crippen LogP contribution in [0.2, 0.25) is 0 Å². The largest absolute Gasteiger partial charge is 0.366 e. The molecule has 0 radical (unpaired) electrons. The minimum Gasteiger partial charge on any atom is -0.366 e. The molecule has 0 fully saturated rings. The molecule has 0 atom stereocenters. The van der Waals surface area contributed by atoms with Crippen molar-refractivity contribution in [3.8, 4) is 5.69 Å². The molecule has 0 aliphatic rings. The summed E-state index contributed by atoms with van der Waals surface area (Å²) >= 11 is 0. The van der Waals surface area contributed by atoms with Gasteiger partial charge in [0, 0.05) is 6.20 Å². The van der Waals surface area contributed by atoms with E-state index in [1.165, 1.54) is 17.9 Å². The Hall–Kier alpha value is -3.03. The Balaban J connectivity index is 2.29. The Bertz CT molecular complexity index is 732. The van der Waals surface area contributed by atoms with E-state index in [0.29, 0.717) is 11.4 Å². The van der Waals surface area contributed by atoms with Crippen molar-refractivity contribution >= 4 is 11.6 Å². The fourth-order valence-corrected chi connectivity index (χ4v) is 1.70. The highest BCUT2D eigenvalue weighted by atomic mass is 19.1. The van der Waals surface area contributed by atoms with Crippen LogP contribution in [0, 0.1) is 6.92 Å². The van der Waals surface area contributed by atoms with E-state index in [1.54, 1.807) is 24.7 Å². The number of nitrogens with zero attached hydrogens (tertiary/aromatic N) is 4. The average Bonchev–Trinajstić information content (AvgIpc) is 2.98. The third-order valence-electron chi connectivity index (χ3n) is 2.73. The summed E-state index contributed by atoms with van der Waals surface area (Å²) in [6.07, 6.45) is 7.05. The molecular formula is C14H15FN6O. The van der Waals surface area contributed by atoms with Gasteiger partial charge in [0.1, 0.15) is 5.69 Å². The maximum absolute atomic E-state index is 12.9. The summed E-state index contributed by atoms with van der Waals surface area (Å²) in [6.45, 7) is 3.05. The Kier molecular flexibility index (Phi) is 4.62. The molecule has 0 aliphatic heterocycles. The van der Waals surface area contributed by atoms with Gasteiger partial charge in [-0.3, -0.25) is 9.78 Å². The van der Waals surface area contributed by atoms with Gasteiger partial charge >= 0.3 is 0 Å². The number of aromatic nitrogens is 4. The Morgan fingerprint density at radius 2 is 2.09 bits per heavy atom. The first-order chi connectivity index (χ1) is 10.5. The zero-order chi connectivity index (χ0) is 16.1. The van der Waals surface area contributed by atoms with E-state index in [9.17, 15) is 9.18 Å². The van der Waals surface area contributed by atoms with Crippen LogP contribution in [-0.2, 0) is 4.79 Å². The molecule has 3 N–H and O–H groups in total. The molecule has 2 aromatic heterocycles. The molecule has 114 valence electrons. The third-order valence-corrected chi connectivity index (χ3v) is 2.73. The van der Waals surface area contributed by atoms with Crippen LogP contribution in [0.1, 0.15) is 12.6 Å². The van der Waals surface area contributed by atoms with Crippen molar-refractivity contribution < 1.29 is 9.18 Å². The number of carbonyl (C=O) groups excluding carboxylic acids is 1. The molecule has 0 spiro atoms. The van der Waals surface area contributed by atoms with Crippen molar-refractivity contribution in [1.82, 2.24) is 20.0 Å². The second-order valence-electron chi connectivity index (χ2n) is 4.49. The summed E-state index contributed by atoms with van der Waals surface area (Å²) < 4.78 is 12.9. The van der Waals surface area contributed by atoms with Gasteiger partial charge in [-0.05, 0) is 26.0 Å². The second kappa shape index (κ2) is 6.61. The van der Waals surface area contributed by atoms with Crippen molar-refractivity contribution in [1.29, 1.82) is 0 Å². The van der Waals surface area contributed by atoms with Gasteiger partial charge in [-0.25, -0.2) is 4.39 Å². The molecule has 0 saturated carbocycles. The highest BCUT2D eigenvalue weighted by Crippen LogP contribution is 2.16. The number of hydrogen-bond donors (Lipinski definition) is 2. The SMILES string of the molecule is C/C(F)=C\C(=C\Nc1cnc(C)c(-n2nccn2)c1)C(N)=O. The van der Waals surface area contributed by atoms with Gasteiger partial charge in [0.2, 0.25) is 5.91 Å². The van der Waals surface area contributed by atoms with E-state index in [1.807, 2.05) is 6.92 Å². The minimum absolute atomic E-state index is 0.0133. The second-order valence-corrected chi connectivity index (χ2v) is 4.49. The number of halogens is 1. The quantitative estimate of drug-likeness (QED) is 0.646. The number of anilines is 1. The molecule has 22 heavy (non-hydrogen) atoms. The van der Waals surface area contributed by atoms with Gasteiger partial charge in [-0.15, -0.1) is 4.80 Å². The molecule has 0 saturated heterocycles. The number of hydrogen-bond acceptors (Lipinski definition) is 5. The van der Waals surface area contributed by atoms with Gasteiger partial charge in [-0.2, -0.15) is 10.2 Å².